The minimum Gasteiger partial charge on any atom is -0.494 e. The molecule has 0 amide bonds. The van der Waals surface area contributed by atoms with E-state index in [1.165, 1.54) is 13.2 Å². The summed E-state index contributed by atoms with van der Waals surface area (Å²) in [5.74, 6) is -0.153. The highest BCUT2D eigenvalue weighted by Crippen LogP contribution is 2.29. The summed E-state index contributed by atoms with van der Waals surface area (Å²) in [6, 6.07) is 13.1. The van der Waals surface area contributed by atoms with Crippen molar-refractivity contribution in [2.75, 3.05) is 33.4 Å². The number of benzene rings is 2. The third-order valence-electron chi connectivity index (χ3n) is 5.08. The van der Waals surface area contributed by atoms with Crippen molar-refractivity contribution in [3.05, 3.63) is 65.6 Å². The van der Waals surface area contributed by atoms with Crippen LogP contribution in [-0.4, -0.2) is 48.1 Å². The SMILES string of the molecule is COc1ccc(-c2nn(-c3ccccc3C)cc2CN2CCOCC2)cc1F. The van der Waals surface area contributed by atoms with Crippen LogP contribution in [0.4, 0.5) is 4.39 Å². The predicted octanol–water partition coefficient (Wildman–Crippen LogP) is 3.83. The number of aromatic nitrogens is 2. The number of morpholine rings is 1. The Kier molecular flexibility index (Phi) is 5.41. The number of aryl methyl sites for hydroxylation is 1. The number of hydrogen-bond donors (Lipinski definition) is 0. The van der Waals surface area contributed by atoms with E-state index in [-0.39, 0.29) is 11.6 Å². The number of rotatable bonds is 5. The lowest BCUT2D eigenvalue weighted by molar-refractivity contribution is 0.0342. The summed E-state index contributed by atoms with van der Waals surface area (Å²) in [7, 11) is 1.47. The van der Waals surface area contributed by atoms with Crippen LogP contribution in [0.3, 0.4) is 0 Å². The molecule has 2 aromatic carbocycles. The Hall–Kier alpha value is -2.70. The first-order valence-corrected chi connectivity index (χ1v) is 9.44. The molecule has 28 heavy (non-hydrogen) atoms. The number of methoxy groups -OCH3 is 1. The highest BCUT2D eigenvalue weighted by Gasteiger charge is 2.19. The summed E-state index contributed by atoms with van der Waals surface area (Å²) in [5, 5.41) is 4.82. The molecule has 5 nitrogen and oxygen atoms in total. The zero-order chi connectivity index (χ0) is 19.5. The molecule has 1 aromatic heterocycles. The molecule has 1 aliphatic rings. The second-order valence-electron chi connectivity index (χ2n) is 6.97. The second kappa shape index (κ2) is 8.12. The van der Waals surface area contributed by atoms with Crippen LogP contribution < -0.4 is 4.74 Å². The van der Waals surface area contributed by atoms with Crippen LogP contribution in [0.2, 0.25) is 0 Å². The molecule has 1 aliphatic heterocycles. The van der Waals surface area contributed by atoms with E-state index in [4.69, 9.17) is 14.6 Å². The lowest BCUT2D eigenvalue weighted by atomic mass is 10.1. The summed E-state index contributed by atoms with van der Waals surface area (Å²) in [4.78, 5) is 2.34. The van der Waals surface area contributed by atoms with E-state index in [1.807, 2.05) is 28.9 Å². The number of nitrogens with zero attached hydrogens (tertiary/aromatic N) is 3. The van der Waals surface area contributed by atoms with Gasteiger partial charge in [-0.25, -0.2) is 9.07 Å². The number of halogens is 1. The molecule has 6 heteroatoms. The van der Waals surface area contributed by atoms with Gasteiger partial charge in [-0.15, -0.1) is 0 Å². The zero-order valence-electron chi connectivity index (χ0n) is 16.2. The van der Waals surface area contributed by atoms with Crippen molar-refractivity contribution < 1.29 is 13.9 Å². The zero-order valence-corrected chi connectivity index (χ0v) is 16.2. The first-order valence-electron chi connectivity index (χ1n) is 9.44. The van der Waals surface area contributed by atoms with Gasteiger partial charge < -0.3 is 9.47 Å². The van der Waals surface area contributed by atoms with E-state index in [2.05, 4.69) is 24.1 Å². The van der Waals surface area contributed by atoms with Crippen LogP contribution >= 0.6 is 0 Å². The Labute approximate surface area is 164 Å². The maximum absolute atomic E-state index is 14.3. The molecule has 0 unspecified atom stereocenters. The van der Waals surface area contributed by atoms with Crippen LogP contribution in [0.5, 0.6) is 5.75 Å². The molecule has 1 fully saturated rings. The van der Waals surface area contributed by atoms with E-state index >= 15 is 0 Å². The third-order valence-corrected chi connectivity index (χ3v) is 5.08. The van der Waals surface area contributed by atoms with Crippen molar-refractivity contribution in [1.29, 1.82) is 0 Å². The van der Waals surface area contributed by atoms with Gasteiger partial charge in [-0.1, -0.05) is 18.2 Å². The maximum Gasteiger partial charge on any atom is 0.165 e. The molecule has 0 atom stereocenters. The van der Waals surface area contributed by atoms with E-state index in [9.17, 15) is 4.39 Å². The number of ether oxygens (including phenoxy) is 2. The van der Waals surface area contributed by atoms with E-state index < -0.39 is 0 Å². The average Bonchev–Trinajstić information content (AvgIpc) is 3.12. The lowest BCUT2D eigenvalue weighted by Gasteiger charge is -2.26. The summed E-state index contributed by atoms with van der Waals surface area (Å²) in [5.41, 5.74) is 4.75. The van der Waals surface area contributed by atoms with Gasteiger partial charge in [0.05, 0.1) is 31.7 Å². The van der Waals surface area contributed by atoms with Crippen molar-refractivity contribution >= 4 is 0 Å². The van der Waals surface area contributed by atoms with Crippen LogP contribution in [0.1, 0.15) is 11.1 Å². The van der Waals surface area contributed by atoms with Gasteiger partial charge in [-0.2, -0.15) is 5.10 Å². The van der Waals surface area contributed by atoms with Gasteiger partial charge in [-0.05, 0) is 36.8 Å². The van der Waals surface area contributed by atoms with E-state index in [1.54, 1.807) is 6.07 Å². The van der Waals surface area contributed by atoms with Gasteiger partial charge in [0.2, 0.25) is 0 Å². The molecule has 0 N–H and O–H groups in total. The normalized spacial score (nSPS) is 15.0. The topological polar surface area (TPSA) is 39.5 Å². The molecule has 4 rings (SSSR count). The Bertz CT molecular complexity index is 964. The quantitative estimate of drug-likeness (QED) is 0.673. The van der Waals surface area contributed by atoms with Gasteiger partial charge >= 0.3 is 0 Å². The minimum absolute atomic E-state index is 0.233. The predicted molar refractivity (Wildman–Crippen MR) is 106 cm³/mol. The fourth-order valence-corrected chi connectivity index (χ4v) is 3.53. The molecule has 3 aromatic rings. The second-order valence-corrected chi connectivity index (χ2v) is 6.97. The first kappa shape index (κ1) is 18.7. The van der Waals surface area contributed by atoms with Crippen LogP contribution in [0.25, 0.3) is 16.9 Å². The van der Waals surface area contributed by atoms with Crippen LogP contribution in [0.15, 0.2) is 48.7 Å². The summed E-state index contributed by atoms with van der Waals surface area (Å²) >= 11 is 0. The van der Waals surface area contributed by atoms with Gasteiger partial charge in [-0.3, -0.25) is 4.90 Å². The smallest absolute Gasteiger partial charge is 0.165 e. The van der Waals surface area contributed by atoms with Crippen molar-refractivity contribution in [3.63, 3.8) is 0 Å². The van der Waals surface area contributed by atoms with Crippen molar-refractivity contribution in [1.82, 2.24) is 14.7 Å². The summed E-state index contributed by atoms with van der Waals surface area (Å²) in [6.07, 6.45) is 2.05. The Morgan fingerprint density at radius 1 is 1.14 bits per heavy atom. The Morgan fingerprint density at radius 2 is 1.93 bits per heavy atom. The standard InChI is InChI=1S/C22H24FN3O2/c1-16-5-3-4-6-20(16)26-15-18(14-25-9-11-28-12-10-25)22(24-26)17-7-8-21(27-2)19(23)13-17/h3-8,13,15H,9-12,14H2,1-2H3. The molecule has 0 radical (unpaired) electrons. The molecule has 146 valence electrons. The third kappa shape index (κ3) is 3.79. The molecule has 0 aliphatic carbocycles. The van der Waals surface area contributed by atoms with E-state index in [0.29, 0.717) is 0 Å². The molecule has 0 bridgehead atoms. The highest BCUT2D eigenvalue weighted by molar-refractivity contribution is 5.64. The summed E-state index contributed by atoms with van der Waals surface area (Å²) in [6.45, 7) is 6.04. The van der Waals surface area contributed by atoms with Gasteiger partial charge in [0.25, 0.3) is 0 Å². The molecular formula is C22H24FN3O2. The lowest BCUT2D eigenvalue weighted by Crippen LogP contribution is -2.35. The fraction of sp³-hybridized carbons (Fsp3) is 0.318. The minimum atomic E-state index is -0.386. The fourth-order valence-electron chi connectivity index (χ4n) is 3.53. The first-order chi connectivity index (χ1) is 13.7. The number of hydrogen-bond acceptors (Lipinski definition) is 4. The van der Waals surface area contributed by atoms with Crippen molar-refractivity contribution in [2.24, 2.45) is 0 Å². The molecule has 0 saturated carbocycles. The monoisotopic (exact) mass is 381 g/mol. The Balaban J connectivity index is 1.76. The van der Waals surface area contributed by atoms with Crippen LogP contribution in [-0.2, 0) is 11.3 Å². The molecule has 2 heterocycles. The number of para-hydroxylation sites is 1. The Morgan fingerprint density at radius 3 is 2.64 bits per heavy atom. The largest absolute Gasteiger partial charge is 0.494 e. The van der Waals surface area contributed by atoms with E-state index in [0.717, 1.165) is 60.9 Å². The van der Waals surface area contributed by atoms with Gasteiger partial charge in [0.1, 0.15) is 0 Å². The molecular weight excluding hydrogens is 357 g/mol. The molecule has 0 spiro atoms. The highest BCUT2D eigenvalue weighted by atomic mass is 19.1. The summed E-state index contributed by atoms with van der Waals surface area (Å²) < 4.78 is 26.7. The molecule has 1 saturated heterocycles. The maximum atomic E-state index is 14.3. The van der Waals surface area contributed by atoms with Gasteiger partial charge in [0.15, 0.2) is 11.6 Å². The van der Waals surface area contributed by atoms with Gasteiger partial charge in [0, 0.05) is 37.0 Å². The van der Waals surface area contributed by atoms with Crippen LogP contribution in [0, 0.1) is 12.7 Å². The average molecular weight is 381 g/mol. The van der Waals surface area contributed by atoms with Crippen molar-refractivity contribution in [3.8, 4) is 22.7 Å². The van der Waals surface area contributed by atoms with Crippen molar-refractivity contribution in [2.45, 2.75) is 13.5 Å².